The lowest BCUT2D eigenvalue weighted by atomic mass is 9.80. The van der Waals surface area contributed by atoms with Gasteiger partial charge in [0, 0.05) is 11.8 Å². The van der Waals surface area contributed by atoms with Gasteiger partial charge >= 0.3 is 0 Å². The number of nitrogens with zero attached hydrogens (tertiary/aromatic N) is 2. The third-order valence-electron chi connectivity index (χ3n) is 5.85. The normalized spacial score (nSPS) is 21.7. The molecular weight excluding hydrogens is 384 g/mol. The van der Waals surface area contributed by atoms with Crippen molar-refractivity contribution < 1.29 is 9.59 Å². The second-order valence-electron chi connectivity index (χ2n) is 9.48. The maximum atomic E-state index is 12.5. The summed E-state index contributed by atoms with van der Waals surface area (Å²) in [7, 11) is 0. The van der Waals surface area contributed by atoms with E-state index in [1.165, 1.54) is 43.4 Å². The molecule has 3 rings (SSSR count). The van der Waals surface area contributed by atoms with Crippen LogP contribution in [0.4, 0.5) is 5.13 Å². The Bertz CT molecular complexity index is 727. The Morgan fingerprint density at radius 3 is 2.52 bits per heavy atom. The maximum absolute atomic E-state index is 12.5. The van der Waals surface area contributed by atoms with Gasteiger partial charge in [0.05, 0.1) is 6.04 Å². The summed E-state index contributed by atoms with van der Waals surface area (Å²) < 4.78 is 0. The van der Waals surface area contributed by atoms with E-state index in [2.05, 4.69) is 41.6 Å². The number of hydrogen-bond donors (Lipinski definition) is 2. The number of rotatable bonds is 8. The van der Waals surface area contributed by atoms with Crippen LogP contribution in [-0.2, 0) is 15.0 Å². The molecule has 0 aromatic carbocycles. The topological polar surface area (TPSA) is 84.0 Å². The third kappa shape index (κ3) is 6.71. The Hall–Kier alpha value is -1.60. The van der Waals surface area contributed by atoms with Crippen LogP contribution in [0.3, 0.4) is 0 Å². The number of carbonyl (C=O) groups excluding carboxylic acids is 2. The van der Waals surface area contributed by atoms with Crippen LogP contribution in [0, 0.1) is 11.8 Å². The molecular formula is C22H34N4O2S. The van der Waals surface area contributed by atoms with E-state index >= 15 is 0 Å². The lowest BCUT2D eigenvalue weighted by molar-refractivity contribution is -0.123. The maximum Gasteiger partial charge on any atom is 0.249 e. The highest BCUT2D eigenvalue weighted by molar-refractivity contribution is 7.15. The molecule has 2 N–H and O–H groups in total. The number of amides is 1. The van der Waals surface area contributed by atoms with E-state index in [1.54, 1.807) is 6.08 Å². The van der Waals surface area contributed by atoms with Crippen molar-refractivity contribution in [2.45, 2.75) is 83.6 Å². The van der Waals surface area contributed by atoms with Crippen LogP contribution in [-0.4, -0.2) is 34.5 Å². The van der Waals surface area contributed by atoms with E-state index < -0.39 is 0 Å². The molecule has 1 aromatic rings. The van der Waals surface area contributed by atoms with Crippen LogP contribution in [0.1, 0.15) is 77.1 Å². The Labute approximate surface area is 177 Å². The van der Waals surface area contributed by atoms with Crippen molar-refractivity contribution in [3.8, 4) is 0 Å². The summed E-state index contributed by atoms with van der Waals surface area (Å²) in [6.07, 6.45) is 12.3. The van der Waals surface area contributed by atoms with Gasteiger partial charge in [0.15, 0.2) is 0 Å². The van der Waals surface area contributed by atoms with Crippen molar-refractivity contribution in [3.63, 3.8) is 0 Å². The largest absolute Gasteiger partial charge is 0.307 e. The van der Waals surface area contributed by atoms with Crippen LogP contribution >= 0.6 is 11.3 Å². The van der Waals surface area contributed by atoms with E-state index in [4.69, 9.17) is 0 Å². The Kier molecular flexibility index (Phi) is 7.57. The SMILES string of the molecule is CC(C)(C)c1nnc(NC(=O)/C=C/[C@@H](CC(=O)[C@@H]2CCN2)CC2CCCCC2)s1. The molecule has 1 amide bonds. The number of hydrogen-bond acceptors (Lipinski definition) is 6. The van der Waals surface area contributed by atoms with E-state index in [0.717, 1.165) is 24.4 Å². The molecule has 160 valence electrons. The van der Waals surface area contributed by atoms with Gasteiger partial charge in [-0.15, -0.1) is 10.2 Å². The highest BCUT2D eigenvalue weighted by atomic mass is 32.1. The van der Waals surface area contributed by atoms with Gasteiger partial charge in [-0.1, -0.05) is 70.3 Å². The zero-order valence-corrected chi connectivity index (χ0v) is 18.7. The zero-order valence-electron chi connectivity index (χ0n) is 17.9. The smallest absolute Gasteiger partial charge is 0.249 e. The predicted octanol–water partition coefficient (Wildman–Crippen LogP) is 4.24. The Morgan fingerprint density at radius 1 is 1.21 bits per heavy atom. The molecule has 0 radical (unpaired) electrons. The first-order chi connectivity index (χ1) is 13.8. The molecule has 0 bridgehead atoms. The molecule has 0 unspecified atom stereocenters. The van der Waals surface area contributed by atoms with Crippen LogP contribution < -0.4 is 10.6 Å². The minimum atomic E-state index is -0.204. The molecule has 2 atom stereocenters. The van der Waals surface area contributed by atoms with Crippen LogP contribution in [0.5, 0.6) is 0 Å². The number of anilines is 1. The van der Waals surface area contributed by atoms with E-state index in [-0.39, 0.29) is 29.1 Å². The van der Waals surface area contributed by atoms with Crippen molar-refractivity contribution in [3.05, 3.63) is 17.2 Å². The number of ketones is 1. The number of allylic oxidation sites excluding steroid dienone is 1. The van der Waals surface area contributed by atoms with Crippen molar-refractivity contribution in [1.29, 1.82) is 0 Å². The average molecular weight is 419 g/mol. The molecule has 29 heavy (non-hydrogen) atoms. The van der Waals surface area contributed by atoms with Gasteiger partial charge < -0.3 is 5.32 Å². The molecule has 1 saturated carbocycles. The van der Waals surface area contributed by atoms with Gasteiger partial charge in [-0.25, -0.2) is 0 Å². The first-order valence-electron chi connectivity index (χ1n) is 10.9. The third-order valence-corrected chi connectivity index (χ3v) is 7.12. The number of nitrogens with one attached hydrogen (secondary N) is 2. The van der Waals surface area contributed by atoms with Gasteiger partial charge in [0.2, 0.25) is 11.0 Å². The predicted molar refractivity (Wildman–Crippen MR) is 117 cm³/mol. The first kappa shape index (κ1) is 22.1. The highest BCUT2D eigenvalue weighted by Crippen LogP contribution is 2.31. The van der Waals surface area contributed by atoms with Gasteiger partial charge in [0.25, 0.3) is 0 Å². The van der Waals surface area contributed by atoms with E-state index in [0.29, 0.717) is 17.5 Å². The molecule has 0 spiro atoms. The minimum absolute atomic E-state index is 0.0169. The number of aromatic nitrogens is 2. The molecule has 1 aliphatic heterocycles. The van der Waals surface area contributed by atoms with Crippen molar-refractivity contribution in [2.24, 2.45) is 11.8 Å². The zero-order chi connectivity index (χ0) is 20.9. The lowest BCUT2D eigenvalue weighted by Crippen LogP contribution is -2.48. The summed E-state index contributed by atoms with van der Waals surface area (Å²) >= 11 is 1.41. The molecule has 2 aliphatic rings. The van der Waals surface area contributed by atoms with Gasteiger partial charge in [0.1, 0.15) is 10.8 Å². The molecule has 7 heteroatoms. The first-order valence-corrected chi connectivity index (χ1v) is 11.7. The molecule has 1 aromatic heterocycles. The number of Topliss-reactive ketones (excluding diaryl/α,β-unsaturated/α-hetero) is 1. The molecule has 2 heterocycles. The number of carbonyl (C=O) groups is 2. The molecule has 1 aliphatic carbocycles. The monoisotopic (exact) mass is 418 g/mol. The summed E-state index contributed by atoms with van der Waals surface area (Å²) in [5, 5.41) is 15.7. The van der Waals surface area contributed by atoms with Crippen molar-refractivity contribution in [1.82, 2.24) is 15.5 Å². The summed E-state index contributed by atoms with van der Waals surface area (Å²) in [4.78, 5) is 24.9. The summed E-state index contributed by atoms with van der Waals surface area (Å²) in [5.41, 5.74) is -0.0858. The fraction of sp³-hybridized carbons (Fsp3) is 0.727. The molecule has 1 saturated heterocycles. The van der Waals surface area contributed by atoms with Crippen LogP contribution in [0.25, 0.3) is 0 Å². The summed E-state index contributed by atoms with van der Waals surface area (Å²) in [6.45, 7) is 7.15. The van der Waals surface area contributed by atoms with E-state index in [9.17, 15) is 9.59 Å². The average Bonchev–Trinajstić information content (AvgIpc) is 3.08. The lowest BCUT2D eigenvalue weighted by Gasteiger charge is -2.29. The summed E-state index contributed by atoms with van der Waals surface area (Å²) in [5.74, 6) is 0.866. The van der Waals surface area contributed by atoms with Crippen LogP contribution in [0.2, 0.25) is 0 Å². The van der Waals surface area contributed by atoms with Crippen LogP contribution in [0.15, 0.2) is 12.2 Å². The Balaban J connectivity index is 1.58. The van der Waals surface area contributed by atoms with E-state index in [1.807, 2.05) is 6.08 Å². The fourth-order valence-corrected chi connectivity index (χ4v) is 4.80. The quantitative estimate of drug-likeness (QED) is 0.617. The van der Waals surface area contributed by atoms with Gasteiger partial charge in [-0.05, 0) is 37.3 Å². The summed E-state index contributed by atoms with van der Waals surface area (Å²) in [6, 6.07) is 0.0169. The fourth-order valence-electron chi connectivity index (χ4n) is 3.99. The van der Waals surface area contributed by atoms with Gasteiger partial charge in [-0.3, -0.25) is 14.9 Å². The Morgan fingerprint density at radius 2 is 1.93 bits per heavy atom. The van der Waals surface area contributed by atoms with Crippen molar-refractivity contribution in [2.75, 3.05) is 11.9 Å². The molecule has 6 nitrogen and oxygen atoms in total. The van der Waals surface area contributed by atoms with Crippen molar-refractivity contribution >= 4 is 28.2 Å². The highest BCUT2D eigenvalue weighted by Gasteiger charge is 2.27. The minimum Gasteiger partial charge on any atom is -0.307 e. The van der Waals surface area contributed by atoms with Gasteiger partial charge in [-0.2, -0.15) is 0 Å². The standard InChI is InChI=1S/C22H34N4O2S/c1-22(2,3)20-25-26-21(29-20)24-19(28)10-9-16(13-15-7-5-4-6-8-15)14-18(27)17-11-12-23-17/h9-10,15-17,23H,4-8,11-14H2,1-3H3,(H,24,26,28)/b10-9+/t16-,17+/m1/s1. The molecule has 2 fully saturated rings. The second-order valence-corrected chi connectivity index (χ2v) is 10.5. The second kappa shape index (κ2) is 9.94.